The lowest BCUT2D eigenvalue weighted by Gasteiger charge is -2.15. The maximum atomic E-state index is 12.6. The highest BCUT2D eigenvalue weighted by Gasteiger charge is 2.28. The van der Waals surface area contributed by atoms with Crippen molar-refractivity contribution in [1.82, 2.24) is 5.32 Å². The predicted octanol–water partition coefficient (Wildman–Crippen LogP) is 3.37. The van der Waals surface area contributed by atoms with Gasteiger partial charge in [0, 0.05) is 16.2 Å². The summed E-state index contributed by atoms with van der Waals surface area (Å²) in [6.45, 7) is 1.91. The average Bonchev–Trinajstić information content (AvgIpc) is 2.67. The van der Waals surface area contributed by atoms with Gasteiger partial charge in [0.25, 0.3) is 0 Å². The first-order chi connectivity index (χ1) is 13.3. The molecular formula is C20H23NO5S2. The Kier molecular flexibility index (Phi) is 8.07. The largest absolute Gasteiger partial charge is 0.480 e. The summed E-state index contributed by atoms with van der Waals surface area (Å²) in [5.41, 5.74) is 0. The van der Waals surface area contributed by atoms with Crippen LogP contribution in [0.3, 0.4) is 0 Å². The van der Waals surface area contributed by atoms with Gasteiger partial charge in [0.2, 0.25) is 5.91 Å². The van der Waals surface area contributed by atoms with Crippen LogP contribution in [0.15, 0.2) is 69.3 Å². The fourth-order valence-corrected chi connectivity index (χ4v) is 4.68. The number of hydrogen-bond donors (Lipinski definition) is 2. The SMILES string of the molecule is CCCCC(=O)NC(CS(=O)(=O)c1ccc(Sc2ccccc2)cc1)C(=O)O. The van der Waals surface area contributed by atoms with Gasteiger partial charge in [0.15, 0.2) is 9.84 Å². The van der Waals surface area contributed by atoms with Gasteiger partial charge in [-0.3, -0.25) is 4.79 Å². The monoisotopic (exact) mass is 421 g/mol. The molecule has 0 heterocycles. The first-order valence-corrected chi connectivity index (χ1v) is 11.4. The van der Waals surface area contributed by atoms with Crippen LogP contribution in [0.2, 0.25) is 0 Å². The van der Waals surface area contributed by atoms with E-state index < -0.39 is 33.5 Å². The summed E-state index contributed by atoms with van der Waals surface area (Å²) < 4.78 is 25.2. The smallest absolute Gasteiger partial charge is 0.327 e. The zero-order chi connectivity index (χ0) is 20.6. The van der Waals surface area contributed by atoms with E-state index in [1.165, 1.54) is 23.9 Å². The topological polar surface area (TPSA) is 101 Å². The van der Waals surface area contributed by atoms with E-state index in [0.29, 0.717) is 6.42 Å². The Hall–Kier alpha value is -2.32. The lowest BCUT2D eigenvalue weighted by Crippen LogP contribution is -2.45. The summed E-state index contributed by atoms with van der Waals surface area (Å²) in [4.78, 5) is 25.1. The maximum Gasteiger partial charge on any atom is 0.327 e. The van der Waals surface area contributed by atoms with Crippen molar-refractivity contribution in [2.75, 3.05) is 5.75 Å². The van der Waals surface area contributed by atoms with E-state index in [4.69, 9.17) is 0 Å². The number of carboxylic acids is 1. The van der Waals surface area contributed by atoms with Gasteiger partial charge in [-0.25, -0.2) is 13.2 Å². The number of nitrogens with one attached hydrogen (secondary N) is 1. The van der Waals surface area contributed by atoms with Gasteiger partial charge in [-0.1, -0.05) is 43.3 Å². The molecule has 0 radical (unpaired) electrons. The molecular weight excluding hydrogens is 398 g/mol. The minimum Gasteiger partial charge on any atom is -0.480 e. The molecule has 28 heavy (non-hydrogen) atoms. The summed E-state index contributed by atoms with van der Waals surface area (Å²) >= 11 is 1.50. The van der Waals surface area contributed by atoms with Crippen LogP contribution >= 0.6 is 11.8 Å². The van der Waals surface area contributed by atoms with E-state index in [1.807, 2.05) is 37.3 Å². The highest BCUT2D eigenvalue weighted by molar-refractivity contribution is 7.99. The molecule has 2 aromatic rings. The first-order valence-electron chi connectivity index (χ1n) is 8.89. The Morgan fingerprint density at radius 1 is 1.04 bits per heavy atom. The van der Waals surface area contributed by atoms with Crippen molar-refractivity contribution in [2.45, 2.75) is 46.9 Å². The Labute approximate surface area is 169 Å². The van der Waals surface area contributed by atoms with Crippen molar-refractivity contribution in [3.8, 4) is 0 Å². The fourth-order valence-electron chi connectivity index (χ4n) is 2.43. The van der Waals surface area contributed by atoms with Gasteiger partial charge >= 0.3 is 5.97 Å². The molecule has 0 aliphatic rings. The van der Waals surface area contributed by atoms with E-state index >= 15 is 0 Å². The van der Waals surface area contributed by atoms with Crippen molar-refractivity contribution < 1.29 is 23.1 Å². The second kappa shape index (κ2) is 10.3. The predicted molar refractivity (Wildman–Crippen MR) is 108 cm³/mol. The molecule has 150 valence electrons. The minimum absolute atomic E-state index is 0.0268. The first kappa shape index (κ1) is 22.0. The number of carboxylic acid groups (broad SMARTS) is 1. The second-order valence-corrected chi connectivity index (χ2v) is 9.41. The molecule has 0 saturated heterocycles. The molecule has 0 saturated carbocycles. The summed E-state index contributed by atoms with van der Waals surface area (Å²) in [5, 5.41) is 11.6. The molecule has 8 heteroatoms. The Bertz CT molecular complexity index is 896. The van der Waals surface area contributed by atoms with Crippen LogP contribution in [0.1, 0.15) is 26.2 Å². The number of hydrogen-bond acceptors (Lipinski definition) is 5. The molecule has 0 aliphatic carbocycles. The van der Waals surface area contributed by atoms with E-state index in [0.717, 1.165) is 16.2 Å². The van der Waals surface area contributed by atoms with Gasteiger partial charge in [0.1, 0.15) is 6.04 Å². The molecule has 1 unspecified atom stereocenters. The Balaban J connectivity index is 2.07. The lowest BCUT2D eigenvalue weighted by molar-refractivity contribution is -0.141. The molecule has 2 aromatic carbocycles. The molecule has 0 aromatic heterocycles. The summed E-state index contributed by atoms with van der Waals surface area (Å²) in [7, 11) is -3.87. The molecule has 6 nitrogen and oxygen atoms in total. The standard InChI is InChI=1S/C20H23NO5S2/c1-2-3-9-19(22)21-18(20(23)24)14-28(25,26)17-12-10-16(11-13-17)27-15-7-5-4-6-8-15/h4-8,10-13,18H,2-3,9,14H2,1H3,(H,21,22)(H,23,24). The lowest BCUT2D eigenvalue weighted by atomic mass is 10.2. The van der Waals surface area contributed by atoms with E-state index in [-0.39, 0.29) is 11.3 Å². The van der Waals surface area contributed by atoms with Crippen LogP contribution in [0.25, 0.3) is 0 Å². The Morgan fingerprint density at radius 2 is 1.64 bits per heavy atom. The summed E-state index contributed by atoms with van der Waals surface area (Å²) in [6.07, 6.45) is 1.58. The van der Waals surface area contributed by atoms with Crippen molar-refractivity contribution in [3.63, 3.8) is 0 Å². The van der Waals surface area contributed by atoms with E-state index in [9.17, 15) is 23.1 Å². The maximum absolute atomic E-state index is 12.6. The second-order valence-electron chi connectivity index (χ2n) is 6.23. The zero-order valence-corrected chi connectivity index (χ0v) is 17.1. The number of unbranched alkanes of at least 4 members (excludes halogenated alkanes) is 1. The minimum atomic E-state index is -3.87. The number of benzene rings is 2. The van der Waals surface area contributed by atoms with Crippen molar-refractivity contribution in [2.24, 2.45) is 0 Å². The third-order valence-corrected chi connectivity index (χ3v) is 6.72. The van der Waals surface area contributed by atoms with Crippen LogP contribution in [0.4, 0.5) is 0 Å². The summed E-state index contributed by atoms with van der Waals surface area (Å²) in [5.74, 6) is -2.52. The van der Waals surface area contributed by atoms with Gasteiger partial charge in [-0.15, -0.1) is 0 Å². The van der Waals surface area contributed by atoms with E-state index in [2.05, 4.69) is 5.32 Å². The highest BCUT2D eigenvalue weighted by Crippen LogP contribution is 2.28. The number of amides is 1. The fraction of sp³-hybridized carbons (Fsp3) is 0.300. The van der Waals surface area contributed by atoms with Gasteiger partial charge in [0.05, 0.1) is 10.6 Å². The van der Waals surface area contributed by atoms with Gasteiger partial charge in [-0.2, -0.15) is 0 Å². The van der Waals surface area contributed by atoms with Crippen LogP contribution in [0.5, 0.6) is 0 Å². The molecule has 0 bridgehead atoms. The third-order valence-electron chi connectivity index (χ3n) is 3.94. The molecule has 1 atom stereocenters. The number of carbonyl (C=O) groups is 2. The van der Waals surface area contributed by atoms with Crippen molar-refractivity contribution in [3.05, 3.63) is 54.6 Å². The van der Waals surface area contributed by atoms with Crippen LogP contribution in [-0.4, -0.2) is 37.2 Å². The van der Waals surface area contributed by atoms with E-state index in [1.54, 1.807) is 12.1 Å². The van der Waals surface area contributed by atoms with Crippen LogP contribution < -0.4 is 5.32 Å². The number of sulfone groups is 1. The zero-order valence-electron chi connectivity index (χ0n) is 15.5. The molecule has 0 aliphatic heterocycles. The van der Waals surface area contributed by atoms with Crippen LogP contribution in [0, 0.1) is 0 Å². The Morgan fingerprint density at radius 3 is 2.21 bits per heavy atom. The van der Waals surface area contributed by atoms with Crippen LogP contribution in [-0.2, 0) is 19.4 Å². The highest BCUT2D eigenvalue weighted by atomic mass is 32.2. The molecule has 1 amide bonds. The average molecular weight is 422 g/mol. The van der Waals surface area contributed by atoms with Crippen molar-refractivity contribution >= 4 is 33.5 Å². The number of rotatable bonds is 10. The number of aliphatic carboxylic acids is 1. The van der Waals surface area contributed by atoms with Gasteiger partial charge in [-0.05, 0) is 42.8 Å². The number of carbonyl (C=O) groups excluding carboxylic acids is 1. The normalized spacial score (nSPS) is 12.3. The molecule has 2 rings (SSSR count). The summed E-state index contributed by atoms with van der Waals surface area (Å²) in [6, 6.07) is 14.5. The third kappa shape index (κ3) is 6.69. The molecule has 2 N–H and O–H groups in total. The quantitative estimate of drug-likeness (QED) is 0.610. The molecule has 0 spiro atoms. The van der Waals surface area contributed by atoms with Gasteiger partial charge < -0.3 is 10.4 Å². The van der Waals surface area contributed by atoms with Crippen molar-refractivity contribution in [1.29, 1.82) is 0 Å². The molecule has 0 fully saturated rings.